The summed E-state index contributed by atoms with van der Waals surface area (Å²) in [6.45, 7) is 10.7. The molecule has 0 bridgehead atoms. The van der Waals surface area contributed by atoms with Gasteiger partial charge in [0.1, 0.15) is 5.82 Å². The minimum absolute atomic E-state index is 0.455. The molecule has 1 saturated heterocycles. The molecule has 5 nitrogen and oxygen atoms in total. The van der Waals surface area contributed by atoms with Crippen molar-refractivity contribution < 1.29 is 4.74 Å². The van der Waals surface area contributed by atoms with Gasteiger partial charge in [-0.1, -0.05) is 0 Å². The summed E-state index contributed by atoms with van der Waals surface area (Å²) in [6.07, 6.45) is 0. The average Bonchev–Trinajstić information content (AvgIpc) is 2.38. The number of methoxy groups -OCH3 is 1. The van der Waals surface area contributed by atoms with Crippen LogP contribution in [0, 0.1) is 6.92 Å². The lowest BCUT2D eigenvalue weighted by Gasteiger charge is -2.37. The summed E-state index contributed by atoms with van der Waals surface area (Å²) >= 11 is 0. The van der Waals surface area contributed by atoms with Gasteiger partial charge in [-0.05, 0) is 20.8 Å². The molecule has 0 radical (unpaired) electrons. The van der Waals surface area contributed by atoms with Crippen LogP contribution >= 0.6 is 0 Å². The van der Waals surface area contributed by atoms with E-state index >= 15 is 0 Å². The summed E-state index contributed by atoms with van der Waals surface area (Å²) in [5, 5.41) is 0. The monoisotopic (exact) mass is 250 g/mol. The van der Waals surface area contributed by atoms with Gasteiger partial charge in [-0.25, -0.2) is 4.98 Å². The number of hydrogen-bond donors (Lipinski definition) is 0. The number of ether oxygens (including phenoxy) is 1. The number of piperazine rings is 1. The highest BCUT2D eigenvalue weighted by Crippen LogP contribution is 2.18. The van der Waals surface area contributed by atoms with Crippen LogP contribution in [0.5, 0.6) is 6.01 Å². The summed E-state index contributed by atoms with van der Waals surface area (Å²) < 4.78 is 5.13. The van der Waals surface area contributed by atoms with Gasteiger partial charge in [0.25, 0.3) is 0 Å². The number of rotatable bonds is 3. The van der Waals surface area contributed by atoms with Crippen LogP contribution in [-0.2, 0) is 0 Å². The van der Waals surface area contributed by atoms with Crippen LogP contribution in [-0.4, -0.2) is 54.2 Å². The first-order chi connectivity index (χ1) is 8.60. The van der Waals surface area contributed by atoms with Gasteiger partial charge in [-0.2, -0.15) is 4.98 Å². The maximum Gasteiger partial charge on any atom is 0.318 e. The van der Waals surface area contributed by atoms with Crippen molar-refractivity contribution in [2.45, 2.75) is 26.8 Å². The summed E-state index contributed by atoms with van der Waals surface area (Å²) in [4.78, 5) is 13.4. The van der Waals surface area contributed by atoms with Gasteiger partial charge in [0, 0.05) is 44.0 Å². The van der Waals surface area contributed by atoms with E-state index < -0.39 is 0 Å². The Bertz CT molecular complexity index is 400. The highest BCUT2D eigenvalue weighted by Gasteiger charge is 2.20. The van der Waals surface area contributed by atoms with Crippen LogP contribution in [0.15, 0.2) is 6.07 Å². The van der Waals surface area contributed by atoms with Crippen LogP contribution in [0.1, 0.15) is 19.5 Å². The van der Waals surface area contributed by atoms with Crippen LogP contribution < -0.4 is 9.64 Å². The molecule has 1 aliphatic rings. The molecule has 1 aromatic heterocycles. The maximum atomic E-state index is 5.13. The lowest BCUT2D eigenvalue weighted by molar-refractivity contribution is 0.209. The van der Waals surface area contributed by atoms with Crippen molar-refractivity contribution >= 4 is 5.82 Å². The smallest absolute Gasteiger partial charge is 0.318 e. The Kier molecular flexibility index (Phi) is 4.01. The van der Waals surface area contributed by atoms with Gasteiger partial charge < -0.3 is 9.64 Å². The number of hydrogen-bond acceptors (Lipinski definition) is 5. The Morgan fingerprint density at radius 3 is 2.39 bits per heavy atom. The van der Waals surface area contributed by atoms with Crippen molar-refractivity contribution in [2.24, 2.45) is 0 Å². The van der Waals surface area contributed by atoms with Gasteiger partial charge >= 0.3 is 6.01 Å². The second kappa shape index (κ2) is 5.52. The molecule has 0 spiro atoms. The fraction of sp³-hybridized carbons (Fsp3) is 0.692. The predicted octanol–water partition coefficient (Wildman–Crippen LogP) is 1.32. The molecule has 5 heteroatoms. The molecule has 0 amide bonds. The third kappa shape index (κ3) is 2.90. The average molecular weight is 250 g/mol. The Hall–Kier alpha value is -1.36. The molecule has 1 aliphatic heterocycles. The van der Waals surface area contributed by atoms with E-state index in [1.807, 2.05) is 13.0 Å². The standard InChI is InChI=1S/C13H22N4O/c1-10(2)16-5-7-17(8-6-16)12-9-11(3)14-13(15-12)18-4/h9-10H,5-8H2,1-4H3. The molecule has 1 aromatic rings. The molecule has 2 rings (SSSR count). The molecular formula is C13H22N4O. The zero-order chi connectivity index (χ0) is 13.1. The van der Waals surface area contributed by atoms with E-state index in [0.29, 0.717) is 12.1 Å². The van der Waals surface area contributed by atoms with Gasteiger partial charge in [0.15, 0.2) is 0 Å². The second-order valence-corrected chi connectivity index (χ2v) is 4.97. The number of anilines is 1. The first kappa shape index (κ1) is 13.1. The first-order valence-corrected chi connectivity index (χ1v) is 6.49. The molecule has 0 aliphatic carbocycles. The maximum absolute atomic E-state index is 5.13. The van der Waals surface area contributed by atoms with E-state index in [2.05, 4.69) is 33.6 Å². The van der Waals surface area contributed by atoms with E-state index in [9.17, 15) is 0 Å². The van der Waals surface area contributed by atoms with Crippen LogP contribution in [0.25, 0.3) is 0 Å². The summed E-state index contributed by atoms with van der Waals surface area (Å²) in [7, 11) is 1.61. The van der Waals surface area contributed by atoms with E-state index in [1.54, 1.807) is 7.11 Å². The second-order valence-electron chi connectivity index (χ2n) is 4.97. The van der Waals surface area contributed by atoms with Crippen molar-refractivity contribution in [1.29, 1.82) is 0 Å². The van der Waals surface area contributed by atoms with Gasteiger partial charge in [-0.3, -0.25) is 4.90 Å². The molecule has 1 fully saturated rings. The quantitative estimate of drug-likeness (QED) is 0.809. The summed E-state index contributed by atoms with van der Waals surface area (Å²) in [5.74, 6) is 0.975. The van der Waals surface area contributed by atoms with Crippen molar-refractivity contribution in [3.63, 3.8) is 0 Å². The van der Waals surface area contributed by atoms with E-state index in [0.717, 1.165) is 37.7 Å². The Labute approximate surface area is 109 Å². The third-order valence-corrected chi connectivity index (χ3v) is 3.37. The van der Waals surface area contributed by atoms with E-state index in [-0.39, 0.29) is 0 Å². The molecule has 0 atom stereocenters. The topological polar surface area (TPSA) is 41.5 Å². The Balaban J connectivity index is 2.07. The fourth-order valence-corrected chi connectivity index (χ4v) is 2.25. The molecular weight excluding hydrogens is 228 g/mol. The van der Waals surface area contributed by atoms with Crippen molar-refractivity contribution in [3.05, 3.63) is 11.8 Å². The van der Waals surface area contributed by atoms with Crippen molar-refractivity contribution in [3.8, 4) is 6.01 Å². The lowest BCUT2D eigenvalue weighted by Crippen LogP contribution is -2.49. The Morgan fingerprint density at radius 2 is 1.83 bits per heavy atom. The van der Waals surface area contributed by atoms with Gasteiger partial charge in [0.2, 0.25) is 0 Å². The van der Waals surface area contributed by atoms with E-state index in [1.165, 1.54) is 0 Å². The van der Waals surface area contributed by atoms with Gasteiger partial charge in [-0.15, -0.1) is 0 Å². The summed E-state index contributed by atoms with van der Waals surface area (Å²) in [5.41, 5.74) is 0.947. The third-order valence-electron chi connectivity index (χ3n) is 3.37. The minimum atomic E-state index is 0.455. The van der Waals surface area contributed by atoms with Crippen molar-refractivity contribution in [1.82, 2.24) is 14.9 Å². The summed E-state index contributed by atoms with van der Waals surface area (Å²) in [6, 6.07) is 3.10. The normalized spacial score (nSPS) is 17.3. The Morgan fingerprint density at radius 1 is 1.17 bits per heavy atom. The predicted molar refractivity (Wildman–Crippen MR) is 72.2 cm³/mol. The van der Waals surface area contributed by atoms with Crippen LogP contribution in [0.4, 0.5) is 5.82 Å². The first-order valence-electron chi connectivity index (χ1n) is 6.49. The zero-order valence-corrected chi connectivity index (χ0v) is 11.7. The molecule has 0 unspecified atom stereocenters. The minimum Gasteiger partial charge on any atom is -0.467 e. The molecule has 0 N–H and O–H groups in total. The molecule has 100 valence electrons. The molecule has 0 aromatic carbocycles. The molecule has 2 heterocycles. The zero-order valence-electron chi connectivity index (χ0n) is 11.7. The van der Waals surface area contributed by atoms with Crippen molar-refractivity contribution in [2.75, 3.05) is 38.2 Å². The van der Waals surface area contributed by atoms with Crippen LogP contribution in [0.2, 0.25) is 0 Å². The number of aromatic nitrogens is 2. The highest BCUT2D eigenvalue weighted by molar-refractivity contribution is 5.41. The number of nitrogens with zero attached hydrogens (tertiary/aromatic N) is 4. The SMILES string of the molecule is COc1nc(C)cc(N2CCN(C(C)C)CC2)n1. The number of aryl methyl sites for hydroxylation is 1. The van der Waals surface area contributed by atoms with E-state index in [4.69, 9.17) is 4.74 Å². The van der Waals surface area contributed by atoms with Gasteiger partial charge in [0.05, 0.1) is 7.11 Å². The largest absolute Gasteiger partial charge is 0.467 e. The molecule has 18 heavy (non-hydrogen) atoms. The molecule has 0 saturated carbocycles. The highest BCUT2D eigenvalue weighted by atomic mass is 16.5. The fourth-order valence-electron chi connectivity index (χ4n) is 2.25. The van der Waals surface area contributed by atoms with Crippen LogP contribution in [0.3, 0.4) is 0 Å². The lowest BCUT2D eigenvalue weighted by atomic mass is 10.2.